The van der Waals surface area contributed by atoms with Crippen LogP contribution in [0.25, 0.3) is 0 Å². The van der Waals surface area contributed by atoms with Crippen LogP contribution in [0, 0.1) is 0 Å². The standard InChI is InChI=1S/C24H53N3/c1-3-4-5-6-7-8-9-10-11-12-13-14-15-16-17-18-21-27-22-19-20-24(26)23(2)25/h23-24,27H,3-22,25-26H2,1-2H3. The van der Waals surface area contributed by atoms with E-state index in [1.54, 1.807) is 0 Å². The summed E-state index contributed by atoms with van der Waals surface area (Å²) < 4.78 is 0. The fourth-order valence-electron chi connectivity index (χ4n) is 3.65. The third-order valence-electron chi connectivity index (χ3n) is 5.77. The molecule has 27 heavy (non-hydrogen) atoms. The average Bonchev–Trinajstić information content (AvgIpc) is 2.66. The molecule has 0 saturated heterocycles. The molecule has 2 unspecified atom stereocenters. The first-order valence-electron chi connectivity index (χ1n) is 12.4. The topological polar surface area (TPSA) is 64.1 Å². The van der Waals surface area contributed by atoms with Gasteiger partial charge in [-0.3, -0.25) is 0 Å². The van der Waals surface area contributed by atoms with Gasteiger partial charge in [0.15, 0.2) is 0 Å². The molecule has 0 spiro atoms. The molecule has 0 saturated carbocycles. The minimum absolute atomic E-state index is 0.116. The van der Waals surface area contributed by atoms with E-state index in [0.29, 0.717) is 0 Å². The third-order valence-corrected chi connectivity index (χ3v) is 5.77. The summed E-state index contributed by atoms with van der Waals surface area (Å²) in [6, 6.07) is 0.271. The Bertz CT molecular complexity index is 268. The lowest BCUT2D eigenvalue weighted by Gasteiger charge is -2.15. The lowest BCUT2D eigenvalue weighted by molar-refractivity contribution is 0.487. The van der Waals surface area contributed by atoms with E-state index in [1.807, 2.05) is 6.92 Å². The van der Waals surface area contributed by atoms with E-state index in [4.69, 9.17) is 11.5 Å². The highest BCUT2D eigenvalue weighted by Crippen LogP contribution is 2.13. The molecule has 0 fully saturated rings. The SMILES string of the molecule is CCCCCCCCCCCCCCCCCCNCCCC(N)C(C)N. The fraction of sp³-hybridized carbons (Fsp3) is 1.00. The highest BCUT2D eigenvalue weighted by Gasteiger charge is 2.06. The van der Waals surface area contributed by atoms with Gasteiger partial charge in [0.05, 0.1) is 0 Å². The fourth-order valence-corrected chi connectivity index (χ4v) is 3.65. The van der Waals surface area contributed by atoms with Gasteiger partial charge in [0.25, 0.3) is 0 Å². The molecule has 164 valence electrons. The first-order chi connectivity index (χ1) is 13.2. The monoisotopic (exact) mass is 383 g/mol. The predicted molar refractivity (Wildman–Crippen MR) is 123 cm³/mol. The van der Waals surface area contributed by atoms with E-state index in [9.17, 15) is 0 Å². The molecular formula is C24H53N3. The van der Waals surface area contributed by atoms with Crippen molar-refractivity contribution in [3.63, 3.8) is 0 Å². The molecule has 0 aliphatic heterocycles. The zero-order chi connectivity index (χ0) is 20.0. The van der Waals surface area contributed by atoms with Crippen molar-refractivity contribution in [2.75, 3.05) is 13.1 Å². The minimum Gasteiger partial charge on any atom is -0.327 e. The van der Waals surface area contributed by atoms with Crippen LogP contribution in [0.15, 0.2) is 0 Å². The molecular weight excluding hydrogens is 330 g/mol. The summed E-state index contributed by atoms with van der Waals surface area (Å²) in [5.74, 6) is 0. The summed E-state index contributed by atoms with van der Waals surface area (Å²) in [4.78, 5) is 0. The second kappa shape index (κ2) is 22.2. The summed E-state index contributed by atoms with van der Waals surface area (Å²) in [6.07, 6.45) is 25.1. The Morgan fingerprint density at radius 2 is 0.926 bits per heavy atom. The smallest absolute Gasteiger partial charge is 0.0190 e. The second-order valence-corrected chi connectivity index (χ2v) is 8.72. The Balaban J connectivity index is 3.03. The number of nitrogens with one attached hydrogen (secondary N) is 1. The van der Waals surface area contributed by atoms with Crippen LogP contribution in [0.4, 0.5) is 0 Å². The highest BCUT2D eigenvalue weighted by atomic mass is 14.8. The zero-order valence-corrected chi connectivity index (χ0v) is 19.0. The van der Waals surface area contributed by atoms with Crippen LogP contribution in [-0.2, 0) is 0 Å². The van der Waals surface area contributed by atoms with Crippen molar-refractivity contribution in [2.24, 2.45) is 11.5 Å². The normalized spacial score (nSPS) is 13.8. The molecule has 0 aliphatic carbocycles. The Hall–Kier alpha value is -0.120. The van der Waals surface area contributed by atoms with Crippen molar-refractivity contribution in [3.8, 4) is 0 Å². The van der Waals surface area contributed by atoms with Crippen LogP contribution in [0.1, 0.15) is 129 Å². The largest absolute Gasteiger partial charge is 0.327 e. The van der Waals surface area contributed by atoms with Gasteiger partial charge in [-0.05, 0) is 39.3 Å². The van der Waals surface area contributed by atoms with Crippen LogP contribution >= 0.6 is 0 Å². The van der Waals surface area contributed by atoms with E-state index in [2.05, 4.69) is 12.2 Å². The van der Waals surface area contributed by atoms with Crippen LogP contribution in [0.5, 0.6) is 0 Å². The molecule has 0 bridgehead atoms. The summed E-state index contributed by atoms with van der Waals surface area (Å²) in [6.45, 7) is 6.53. The molecule has 0 aromatic heterocycles. The molecule has 0 rings (SSSR count). The summed E-state index contributed by atoms with van der Waals surface area (Å²) in [5, 5.41) is 3.53. The van der Waals surface area contributed by atoms with E-state index in [0.717, 1.165) is 25.9 Å². The van der Waals surface area contributed by atoms with Gasteiger partial charge in [0.1, 0.15) is 0 Å². The van der Waals surface area contributed by atoms with Gasteiger partial charge in [0.2, 0.25) is 0 Å². The van der Waals surface area contributed by atoms with Gasteiger partial charge in [-0.2, -0.15) is 0 Å². The number of rotatable bonds is 22. The second-order valence-electron chi connectivity index (χ2n) is 8.72. The summed E-state index contributed by atoms with van der Waals surface area (Å²) in [7, 11) is 0. The first-order valence-corrected chi connectivity index (χ1v) is 12.4. The number of hydrogen-bond donors (Lipinski definition) is 3. The van der Waals surface area contributed by atoms with Gasteiger partial charge in [0, 0.05) is 12.1 Å². The van der Waals surface area contributed by atoms with E-state index in [1.165, 1.54) is 103 Å². The lowest BCUT2D eigenvalue weighted by Crippen LogP contribution is -2.39. The molecule has 5 N–H and O–H groups in total. The first kappa shape index (κ1) is 26.9. The zero-order valence-electron chi connectivity index (χ0n) is 19.0. The van der Waals surface area contributed by atoms with Crippen molar-refractivity contribution >= 4 is 0 Å². The number of unbranched alkanes of at least 4 members (excludes halogenated alkanes) is 15. The van der Waals surface area contributed by atoms with Crippen LogP contribution in [0.2, 0.25) is 0 Å². The molecule has 0 radical (unpaired) electrons. The van der Waals surface area contributed by atoms with Crippen molar-refractivity contribution in [2.45, 2.75) is 142 Å². The Morgan fingerprint density at radius 1 is 0.556 bits per heavy atom. The molecule has 2 atom stereocenters. The van der Waals surface area contributed by atoms with E-state index in [-0.39, 0.29) is 12.1 Å². The molecule has 3 nitrogen and oxygen atoms in total. The molecule has 0 aliphatic rings. The van der Waals surface area contributed by atoms with E-state index >= 15 is 0 Å². The van der Waals surface area contributed by atoms with Gasteiger partial charge < -0.3 is 16.8 Å². The molecule has 0 amide bonds. The lowest BCUT2D eigenvalue weighted by atomic mass is 10.0. The van der Waals surface area contributed by atoms with Crippen molar-refractivity contribution in [1.82, 2.24) is 5.32 Å². The van der Waals surface area contributed by atoms with Crippen molar-refractivity contribution < 1.29 is 0 Å². The Labute approximate surface area is 171 Å². The maximum atomic E-state index is 5.94. The Morgan fingerprint density at radius 3 is 1.33 bits per heavy atom. The van der Waals surface area contributed by atoms with Gasteiger partial charge in [-0.1, -0.05) is 103 Å². The number of nitrogens with two attached hydrogens (primary N) is 2. The highest BCUT2D eigenvalue weighted by molar-refractivity contribution is 4.71. The molecule has 0 aromatic carbocycles. The predicted octanol–water partition coefficient (Wildman–Crippen LogP) is 6.29. The Kier molecular flexibility index (Phi) is 22.1. The molecule has 3 heteroatoms. The van der Waals surface area contributed by atoms with E-state index < -0.39 is 0 Å². The third kappa shape index (κ3) is 22.0. The maximum absolute atomic E-state index is 5.94. The quantitative estimate of drug-likeness (QED) is 0.192. The van der Waals surface area contributed by atoms with Crippen LogP contribution in [0.3, 0.4) is 0 Å². The maximum Gasteiger partial charge on any atom is 0.0190 e. The van der Waals surface area contributed by atoms with Crippen molar-refractivity contribution in [3.05, 3.63) is 0 Å². The number of hydrogen-bond acceptors (Lipinski definition) is 3. The average molecular weight is 384 g/mol. The van der Waals surface area contributed by atoms with Crippen molar-refractivity contribution in [1.29, 1.82) is 0 Å². The van der Waals surface area contributed by atoms with Gasteiger partial charge >= 0.3 is 0 Å². The van der Waals surface area contributed by atoms with Crippen LogP contribution < -0.4 is 16.8 Å². The molecule has 0 aromatic rings. The van der Waals surface area contributed by atoms with Gasteiger partial charge in [-0.25, -0.2) is 0 Å². The minimum atomic E-state index is 0.116. The summed E-state index contributed by atoms with van der Waals surface area (Å²) in [5.41, 5.74) is 11.7. The summed E-state index contributed by atoms with van der Waals surface area (Å²) >= 11 is 0. The van der Waals surface area contributed by atoms with Gasteiger partial charge in [-0.15, -0.1) is 0 Å². The van der Waals surface area contributed by atoms with Crippen LogP contribution in [-0.4, -0.2) is 25.2 Å². The molecule has 0 heterocycles.